The van der Waals surface area contributed by atoms with E-state index in [4.69, 9.17) is 4.65 Å². The van der Waals surface area contributed by atoms with Crippen LogP contribution < -0.4 is 5.59 Å². The van der Waals surface area contributed by atoms with Crippen LogP contribution in [0.2, 0.25) is 0 Å². The van der Waals surface area contributed by atoms with Crippen LogP contribution in [0.15, 0.2) is 6.20 Å². The molecule has 1 heterocycles. The molecule has 1 aromatic rings. The maximum absolute atomic E-state index is 9.95. The van der Waals surface area contributed by atoms with Gasteiger partial charge in [0, 0.05) is 12.6 Å². The second-order valence-electron chi connectivity index (χ2n) is 5.14. The zero-order valence-corrected chi connectivity index (χ0v) is 10.9. The molecule has 1 radical (unpaired) electrons. The summed E-state index contributed by atoms with van der Waals surface area (Å²) in [5, 5.41) is 14.1. The molecule has 0 aliphatic carbocycles. The van der Waals surface area contributed by atoms with Gasteiger partial charge in [-0.05, 0) is 40.2 Å². The minimum absolute atomic E-state index is 0.649. The minimum atomic E-state index is -0.907. The van der Waals surface area contributed by atoms with Crippen molar-refractivity contribution in [3.63, 3.8) is 0 Å². The number of aliphatic hydroxyl groups is 1. The molecule has 5 heteroatoms. The van der Waals surface area contributed by atoms with Crippen molar-refractivity contribution in [2.45, 2.75) is 45.8 Å². The Morgan fingerprint density at radius 2 is 1.94 bits per heavy atom. The quantitative estimate of drug-likeness (QED) is 0.758. The molecule has 0 atom stereocenters. The van der Waals surface area contributed by atoms with Crippen LogP contribution >= 0.6 is 0 Å². The zero-order chi connectivity index (χ0) is 12.6. The highest BCUT2D eigenvalue weighted by atomic mass is 16.5. The Kier molecular flexibility index (Phi) is 3.50. The van der Waals surface area contributed by atoms with E-state index in [9.17, 15) is 5.11 Å². The van der Waals surface area contributed by atoms with Crippen molar-refractivity contribution in [2.24, 2.45) is 7.05 Å². The molecular formula is C11H20BN2O2. The van der Waals surface area contributed by atoms with Crippen LogP contribution in [0.1, 0.15) is 33.3 Å². The zero-order valence-electron chi connectivity index (χ0n) is 10.9. The second kappa shape index (κ2) is 4.22. The smallest absolute Gasteiger partial charge is 0.351 e. The van der Waals surface area contributed by atoms with Crippen molar-refractivity contribution in [1.82, 2.24) is 9.78 Å². The predicted molar refractivity (Wildman–Crippen MR) is 64.8 cm³/mol. The lowest BCUT2D eigenvalue weighted by atomic mass is 9.84. The molecule has 1 aromatic heterocycles. The van der Waals surface area contributed by atoms with Crippen molar-refractivity contribution in [2.75, 3.05) is 0 Å². The number of hydrogen-bond donors (Lipinski definition) is 1. The van der Waals surface area contributed by atoms with Gasteiger partial charge in [-0.1, -0.05) is 0 Å². The van der Waals surface area contributed by atoms with E-state index in [1.54, 1.807) is 32.2 Å². The highest BCUT2D eigenvalue weighted by Crippen LogP contribution is 2.24. The molecule has 1 N–H and O–H groups in total. The minimum Gasteiger partial charge on any atom is -0.425 e. The van der Waals surface area contributed by atoms with E-state index in [0.717, 1.165) is 11.2 Å². The number of nitrogens with zero attached hydrogens (tertiary/aromatic N) is 2. The molecule has 0 aliphatic rings. The van der Waals surface area contributed by atoms with E-state index >= 15 is 0 Å². The van der Waals surface area contributed by atoms with E-state index in [1.165, 1.54) is 0 Å². The first-order valence-electron chi connectivity index (χ1n) is 5.37. The summed E-state index contributed by atoms with van der Waals surface area (Å²) in [7, 11) is 3.51. The number of aromatic nitrogens is 2. The fraction of sp³-hybridized carbons (Fsp3) is 0.727. The summed E-state index contributed by atoms with van der Waals surface area (Å²) < 4.78 is 7.41. The van der Waals surface area contributed by atoms with Crippen molar-refractivity contribution < 1.29 is 9.76 Å². The van der Waals surface area contributed by atoms with E-state index in [0.29, 0.717) is 0 Å². The SMILES string of the molecule is Cc1cnn(C)c1[B]OC(C)(C)C(C)(C)O. The average molecular weight is 223 g/mol. The van der Waals surface area contributed by atoms with Crippen LogP contribution in [-0.2, 0) is 11.7 Å². The maximum atomic E-state index is 9.95. The molecule has 0 fully saturated rings. The normalized spacial score (nSPS) is 12.9. The van der Waals surface area contributed by atoms with Gasteiger partial charge in [-0.15, -0.1) is 0 Å². The topological polar surface area (TPSA) is 47.3 Å². The van der Waals surface area contributed by atoms with Gasteiger partial charge in [-0.25, -0.2) is 0 Å². The molecule has 0 spiro atoms. The van der Waals surface area contributed by atoms with Gasteiger partial charge in [0.1, 0.15) is 0 Å². The third-order valence-electron chi connectivity index (χ3n) is 3.12. The van der Waals surface area contributed by atoms with Gasteiger partial charge < -0.3 is 9.76 Å². The predicted octanol–water partition coefficient (Wildman–Crippen LogP) is 0.539. The van der Waals surface area contributed by atoms with Crippen LogP contribution in [0.3, 0.4) is 0 Å². The summed E-state index contributed by atoms with van der Waals surface area (Å²) in [4.78, 5) is 0. The summed E-state index contributed by atoms with van der Waals surface area (Å²) in [5.74, 6) is 0. The molecule has 0 saturated heterocycles. The van der Waals surface area contributed by atoms with Gasteiger partial charge in [0.15, 0.2) is 0 Å². The lowest BCUT2D eigenvalue weighted by Crippen LogP contribution is -2.50. The fourth-order valence-electron chi connectivity index (χ4n) is 1.07. The van der Waals surface area contributed by atoms with Crippen LogP contribution in [0, 0.1) is 6.92 Å². The van der Waals surface area contributed by atoms with Gasteiger partial charge in [-0.2, -0.15) is 5.10 Å². The third kappa shape index (κ3) is 2.65. The average Bonchev–Trinajstić information content (AvgIpc) is 2.42. The molecule has 0 bridgehead atoms. The van der Waals surface area contributed by atoms with Crippen LogP contribution in [0.4, 0.5) is 0 Å². The molecule has 1 rings (SSSR count). The van der Waals surface area contributed by atoms with E-state index in [1.807, 2.05) is 27.8 Å². The Morgan fingerprint density at radius 1 is 1.38 bits per heavy atom. The van der Waals surface area contributed by atoms with Crippen LogP contribution in [-0.4, -0.2) is 33.6 Å². The lowest BCUT2D eigenvalue weighted by molar-refractivity contribution is -0.0894. The molecule has 0 saturated carbocycles. The Labute approximate surface area is 97.9 Å². The summed E-state index contributed by atoms with van der Waals surface area (Å²) >= 11 is 0. The Balaban J connectivity index is 2.72. The monoisotopic (exact) mass is 223 g/mol. The largest absolute Gasteiger partial charge is 0.425 e. The molecule has 0 aromatic carbocycles. The van der Waals surface area contributed by atoms with Gasteiger partial charge in [0.2, 0.25) is 0 Å². The highest BCUT2D eigenvalue weighted by molar-refractivity contribution is 6.46. The molecule has 0 amide bonds. The van der Waals surface area contributed by atoms with Crippen molar-refractivity contribution >= 4 is 13.1 Å². The standard InChI is InChI=1S/C11H20BN2O2/c1-8-7-13-14(6)9(8)12-16-11(4,5)10(2,3)15/h7,15H,1-6H3. The first-order valence-corrected chi connectivity index (χ1v) is 5.37. The third-order valence-corrected chi connectivity index (χ3v) is 3.12. The van der Waals surface area contributed by atoms with Crippen LogP contribution in [0.25, 0.3) is 0 Å². The molecule has 4 nitrogen and oxygen atoms in total. The fourth-order valence-corrected chi connectivity index (χ4v) is 1.07. The molecule has 89 valence electrons. The van der Waals surface area contributed by atoms with Gasteiger partial charge in [0.05, 0.1) is 17.4 Å². The summed E-state index contributed by atoms with van der Waals surface area (Å²) in [6, 6.07) is 0. The Morgan fingerprint density at radius 3 is 2.31 bits per heavy atom. The van der Waals surface area contributed by atoms with Crippen molar-refractivity contribution in [3.05, 3.63) is 11.8 Å². The van der Waals surface area contributed by atoms with E-state index < -0.39 is 11.2 Å². The first-order chi connectivity index (χ1) is 7.15. The number of aryl methyl sites for hydroxylation is 2. The molecular weight excluding hydrogens is 203 g/mol. The van der Waals surface area contributed by atoms with Crippen LogP contribution in [0.5, 0.6) is 0 Å². The Hall–Kier alpha value is -0.805. The maximum Gasteiger partial charge on any atom is 0.351 e. The lowest BCUT2D eigenvalue weighted by Gasteiger charge is -2.37. The van der Waals surface area contributed by atoms with Crippen molar-refractivity contribution in [3.8, 4) is 0 Å². The number of hydrogen-bond acceptors (Lipinski definition) is 3. The summed E-state index contributed by atoms with van der Waals surface area (Å²) in [5.41, 5.74) is 0.408. The molecule has 16 heavy (non-hydrogen) atoms. The molecule has 0 unspecified atom stereocenters. The Bertz CT molecular complexity index is 347. The first kappa shape index (κ1) is 13.3. The highest BCUT2D eigenvalue weighted by Gasteiger charge is 2.36. The molecule has 0 aliphatic heterocycles. The van der Waals surface area contributed by atoms with E-state index in [-0.39, 0.29) is 0 Å². The number of rotatable bonds is 4. The second-order valence-corrected chi connectivity index (χ2v) is 5.14. The summed E-state index contributed by atoms with van der Waals surface area (Å²) in [6.45, 7) is 9.15. The van der Waals surface area contributed by atoms with Crippen molar-refractivity contribution in [1.29, 1.82) is 0 Å². The van der Waals surface area contributed by atoms with Gasteiger partial charge in [-0.3, -0.25) is 4.68 Å². The van der Waals surface area contributed by atoms with E-state index in [2.05, 4.69) is 5.10 Å². The van der Waals surface area contributed by atoms with Gasteiger partial charge in [0.25, 0.3) is 0 Å². The van der Waals surface area contributed by atoms with Gasteiger partial charge >= 0.3 is 7.48 Å². The summed E-state index contributed by atoms with van der Waals surface area (Å²) in [6.07, 6.45) is 1.78.